The molecule has 0 radical (unpaired) electrons. The summed E-state index contributed by atoms with van der Waals surface area (Å²) in [6.45, 7) is 4.05. The highest BCUT2D eigenvalue weighted by Gasteiger charge is 2.14. The molecule has 0 aliphatic rings. The number of nitrogens with zero attached hydrogens (tertiary/aromatic N) is 1. The summed E-state index contributed by atoms with van der Waals surface area (Å²) in [5.74, 6) is -0.0238. The summed E-state index contributed by atoms with van der Waals surface area (Å²) >= 11 is 5.10. The lowest BCUT2D eigenvalue weighted by molar-refractivity contribution is -0.121. The summed E-state index contributed by atoms with van der Waals surface area (Å²) in [5, 5.41) is 5.95. The molecule has 25 heavy (non-hydrogen) atoms. The fraction of sp³-hybridized carbons (Fsp3) is 0.200. The maximum atomic E-state index is 12.3. The molecule has 3 rings (SSSR count). The van der Waals surface area contributed by atoms with Gasteiger partial charge in [0.05, 0.1) is 18.2 Å². The average Bonchev–Trinajstić information content (AvgIpc) is 3.03. The van der Waals surface area contributed by atoms with Crippen LogP contribution >= 0.6 is 27.3 Å². The first-order valence-electron chi connectivity index (χ1n) is 8.08. The average molecular weight is 415 g/mol. The van der Waals surface area contributed by atoms with E-state index in [0.717, 1.165) is 26.3 Å². The van der Waals surface area contributed by atoms with Crippen molar-refractivity contribution in [2.24, 2.45) is 0 Å². The van der Waals surface area contributed by atoms with Gasteiger partial charge in [0.25, 0.3) is 0 Å². The number of carbonyl (C=O) groups is 1. The van der Waals surface area contributed by atoms with Gasteiger partial charge < -0.3 is 5.32 Å². The number of rotatable bonds is 5. The molecule has 1 amide bonds. The molecule has 1 aromatic heterocycles. The van der Waals surface area contributed by atoms with Crippen LogP contribution in [0.15, 0.2) is 58.4 Å². The predicted molar refractivity (Wildman–Crippen MR) is 107 cm³/mol. The van der Waals surface area contributed by atoms with Gasteiger partial charge in [-0.05, 0) is 31.5 Å². The zero-order valence-corrected chi connectivity index (χ0v) is 16.5. The van der Waals surface area contributed by atoms with Gasteiger partial charge in [-0.2, -0.15) is 0 Å². The van der Waals surface area contributed by atoms with E-state index in [9.17, 15) is 4.79 Å². The van der Waals surface area contributed by atoms with Gasteiger partial charge >= 0.3 is 0 Å². The smallest absolute Gasteiger partial charge is 0.226 e. The van der Waals surface area contributed by atoms with E-state index in [2.05, 4.69) is 45.3 Å². The molecule has 1 heterocycles. The molecule has 5 heteroatoms. The van der Waals surface area contributed by atoms with Gasteiger partial charge in [0.1, 0.15) is 5.01 Å². The summed E-state index contributed by atoms with van der Waals surface area (Å²) in [7, 11) is 0. The second-order valence-corrected chi connectivity index (χ2v) is 7.71. The molecule has 128 valence electrons. The number of hydrogen-bond donors (Lipinski definition) is 1. The van der Waals surface area contributed by atoms with Crippen molar-refractivity contribution in [3.05, 3.63) is 75.2 Å². The van der Waals surface area contributed by atoms with Crippen LogP contribution in [-0.2, 0) is 11.2 Å². The third kappa shape index (κ3) is 4.55. The van der Waals surface area contributed by atoms with Crippen LogP contribution in [0.4, 0.5) is 0 Å². The summed E-state index contributed by atoms with van der Waals surface area (Å²) in [6.07, 6.45) is 0.289. The third-order valence-electron chi connectivity index (χ3n) is 3.91. The second kappa shape index (κ2) is 7.93. The predicted octanol–water partition coefficient (Wildman–Crippen LogP) is 5.30. The Bertz CT molecular complexity index is 891. The topological polar surface area (TPSA) is 42.0 Å². The van der Waals surface area contributed by atoms with Crippen LogP contribution in [0.1, 0.15) is 29.8 Å². The van der Waals surface area contributed by atoms with E-state index >= 15 is 0 Å². The van der Waals surface area contributed by atoms with E-state index in [1.54, 1.807) is 11.3 Å². The molecule has 1 N–H and O–H groups in total. The van der Waals surface area contributed by atoms with Crippen molar-refractivity contribution < 1.29 is 4.79 Å². The largest absolute Gasteiger partial charge is 0.349 e. The number of halogens is 1. The van der Waals surface area contributed by atoms with E-state index in [4.69, 9.17) is 0 Å². The summed E-state index contributed by atoms with van der Waals surface area (Å²) < 4.78 is 0.998. The Labute approximate surface area is 160 Å². The highest BCUT2D eigenvalue weighted by molar-refractivity contribution is 9.10. The molecule has 0 saturated heterocycles. The zero-order valence-electron chi connectivity index (χ0n) is 14.1. The van der Waals surface area contributed by atoms with Gasteiger partial charge in [-0.1, -0.05) is 57.9 Å². The SMILES string of the molecule is Cc1cccc(-c2nc(CC(=O)NC(C)c3ccccc3Br)cs2)c1. The Morgan fingerprint density at radius 2 is 2.04 bits per heavy atom. The van der Waals surface area contributed by atoms with Crippen molar-refractivity contribution in [2.45, 2.75) is 26.3 Å². The maximum Gasteiger partial charge on any atom is 0.226 e. The first kappa shape index (κ1) is 17.8. The van der Waals surface area contributed by atoms with Crippen LogP contribution in [0.25, 0.3) is 10.6 Å². The summed E-state index contributed by atoms with van der Waals surface area (Å²) in [5.41, 5.74) is 4.17. The maximum absolute atomic E-state index is 12.3. The van der Waals surface area contributed by atoms with E-state index < -0.39 is 0 Å². The van der Waals surface area contributed by atoms with Gasteiger partial charge in [-0.15, -0.1) is 11.3 Å². The molecule has 0 spiro atoms. The zero-order chi connectivity index (χ0) is 17.8. The Morgan fingerprint density at radius 1 is 1.24 bits per heavy atom. The third-order valence-corrected chi connectivity index (χ3v) is 5.57. The molecule has 3 aromatic rings. The number of aryl methyl sites for hydroxylation is 1. The number of benzene rings is 2. The minimum Gasteiger partial charge on any atom is -0.349 e. The first-order valence-corrected chi connectivity index (χ1v) is 9.75. The minimum atomic E-state index is -0.0574. The van der Waals surface area contributed by atoms with Gasteiger partial charge in [0.15, 0.2) is 0 Å². The highest BCUT2D eigenvalue weighted by Crippen LogP contribution is 2.25. The number of hydrogen-bond acceptors (Lipinski definition) is 3. The van der Waals surface area contributed by atoms with Crippen molar-refractivity contribution in [3.8, 4) is 10.6 Å². The normalized spacial score (nSPS) is 12.0. The van der Waals surface area contributed by atoms with Gasteiger partial charge in [0, 0.05) is 15.4 Å². The monoisotopic (exact) mass is 414 g/mol. The molecule has 0 saturated carbocycles. The van der Waals surface area contributed by atoms with E-state index in [1.807, 2.05) is 48.7 Å². The van der Waals surface area contributed by atoms with Crippen molar-refractivity contribution in [1.82, 2.24) is 10.3 Å². The number of carbonyl (C=O) groups excluding carboxylic acids is 1. The number of amides is 1. The molecule has 0 bridgehead atoms. The second-order valence-electron chi connectivity index (χ2n) is 6.00. The quantitative estimate of drug-likeness (QED) is 0.615. The van der Waals surface area contributed by atoms with Crippen molar-refractivity contribution in [3.63, 3.8) is 0 Å². The fourth-order valence-electron chi connectivity index (χ4n) is 2.66. The summed E-state index contributed by atoms with van der Waals surface area (Å²) in [6, 6.07) is 16.1. The highest BCUT2D eigenvalue weighted by atomic mass is 79.9. The van der Waals surface area contributed by atoms with Gasteiger partial charge in [-0.3, -0.25) is 4.79 Å². The van der Waals surface area contributed by atoms with Gasteiger partial charge in [0.2, 0.25) is 5.91 Å². The Balaban J connectivity index is 1.65. The van der Waals surface area contributed by atoms with E-state index in [1.165, 1.54) is 5.56 Å². The van der Waals surface area contributed by atoms with E-state index in [0.29, 0.717) is 0 Å². The fourth-order valence-corrected chi connectivity index (χ4v) is 4.10. The van der Waals surface area contributed by atoms with Crippen molar-refractivity contribution in [1.29, 1.82) is 0 Å². The van der Waals surface area contributed by atoms with Crippen LogP contribution in [0.5, 0.6) is 0 Å². The Kier molecular flexibility index (Phi) is 5.66. The molecular weight excluding hydrogens is 396 g/mol. The number of aromatic nitrogens is 1. The molecule has 2 aromatic carbocycles. The van der Waals surface area contributed by atoms with Crippen LogP contribution in [-0.4, -0.2) is 10.9 Å². The van der Waals surface area contributed by atoms with Gasteiger partial charge in [-0.25, -0.2) is 4.98 Å². The number of thiazole rings is 1. The van der Waals surface area contributed by atoms with Crippen LogP contribution in [0.2, 0.25) is 0 Å². The molecule has 0 aliphatic carbocycles. The lowest BCUT2D eigenvalue weighted by atomic mass is 10.1. The van der Waals surface area contributed by atoms with Crippen molar-refractivity contribution in [2.75, 3.05) is 0 Å². The lowest BCUT2D eigenvalue weighted by Gasteiger charge is -2.15. The lowest BCUT2D eigenvalue weighted by Crippen LogP contribution is -2.28. The van der Waals surface area contributed by atoms with Crippen LogP contribution in [0.3, 0.4) is 0 Å². The Morgan fingerprint density at radius 3 is 2.80 bits per heavy atom. The minimum absolute atomic E-state index is 0.0238. The summed E-state index contributed by atoms with van der Waals surface area (Å²) in [4.78, 5) is 17.0. The van der Waals surface area contributed by atoms with Crippen molar-refractivity contribution >= 4 is 33.2 Å². The molecule has 0 fully saturated rings. The molecular formula is C20H19BrN2OS. The van der Waals surface area contributed by atoms with E-state index in [-0.39, 0.29) is 18.4 Å². The van der Waals surface area contributed by atoms with Crippen LogP contribution < -0.4 is 5.32 Å². The molecule has 0 aliphatic heterocycles. The molecule has 3 nitrogen and oxygen atoms in total. The first-order chi connectivity index (χ1) is 12.0. The molecule has 1 atom stereocenters. The van der Waals surface area contributed by atoms with Crippen LogP contribution in [0, 0.1) is 6.92 Å². The molecule has 1 unspecified atom stereocenters. The Hall–Kier alpha value is -1.98. The standard InChI is InChI=1S/C20H19BrN2OS/c1-13-6-5-7-15(10-13)20-23-16(12-25-20)11-19(24)22-14(2)17-8-3-4-9-18(17)21/h3-10,12,14H,11H2,1-2H3,(H,22,24). The number of nitrogens with one attached hydrogen (secondary N) is 1.